The highest BCUT2D eigenvalue weighted by molar-refractivity contribution is 7.71. The summed E-state index contributed by atoms with van der Waals surface area (Å²) in [5.41, 5.74) is 0.458. The van der Waals surface area contributed by atoms with E-state index >= 15 is 0 Å². The lowest BCUT2D eigenvalue weighted by Crippen LogP contribution is -2.27. The molecule has 2 N–H and O–H groups in total. The summed E-state index contributed by atoms with van der Waals surface area (Å²) >= 11 is 5.57. The van der Waals surface area contributed by atoms with E-state index in [4.69, 9.17) is 26.8 Å². The van der Waals surface area contributed by atoms with Crippen molar-refractivity contribution >= 4 is 18.4 Å². The third-order valence-corrected chi connectivity index (χ3v) is 4.74. The second kappa shape index (κ2) is 9.38. The van der Waals surface area contributed by atoms with Gasteiger partial charge >= 0.3 is 0 Å². The van der Waals surface area contributed by atoms with Crippen LogP contribution in [0.1, 0.15) is 5.56 Å². The number of ether oxygens (including phenoxy) is 2. The average molecular weight is 427 g/mol. The Morgan fingerprint density at radius 2 is 1.47 bits per heavy atom. The summed E-state index contributed by atoms with van der Waals surface area (Å²) in [7, 11) is 3.10. The van der Waals surface area contributed by atoms with Gasteiger partial charge in [0.1, 0.15) is 17.1 Å². The Kier molecular flexibility index (Phi) is 6.65. The Labute approximate surface area is 177 Å². The minimum atomic E-state index is -0.533. The molecule has 3 rings (SSSR count). The lowest BCUT2D eigenvalue weighted by molar-refractivity contribution is 0.307. The summed E-state index contributed by atoms with van der Waals surface area (Å²) in [5.74, 6) is 0.920. The average Bonchev–Trinajstić information content (AvgIpc) is 2.77. The molecule has 30 heavy (non-hydrogen) atoms. The molecule has 0 radical (unpaired) electrons. The Balaban J connectivity index is 2.31. The zero-order chi connectivity index (χ0) is 21.7. The molecule has 0 amide bonds. The molecule has 1 heterocycles. The highest BCUT2D eigenvalue weighted by Crippen LogP contribution is 2.24. The van der Waals surface area contributed by atoms with Crippen molar-refractivity contribution in [1.29, 1.82) is 0 Å². The van der Waals surface area contributed by atoms with Crippen molar-refractivity contribution in [2.45, 2.75) is 0 Å². The van der Waals surface area contributed by atoms with E-state index in [1.807, 2.05) is 0 Å². The second-order valence-corrected chi connectivity index (χ2v) is 6.52. The van der Waals surface area contributed by atoms with Gasteiger partial charge in [-0.3, -0.25) is 18.9 Å². The summed E-state index contributed by atoms with van der Waals surface area (Å²) < 4.78 is 13.1. The first-order chi connectivity index (χ1) is 14.5. The van der Waals surface area contributed by atoms with Crippen LogP contribution in [0.3, 0.4) is 0 Å². The van der Waals surface area contributed by atoms with Crippen LogP contribution in [0, 0.1) is 4.77 Å². The highest BCUT2D eigenvalue weighted by Gasteiger charge is 2.18. The van der Waals surface area contributed by atoms with Gasteiger partial charge in [0.15, 0.2) is 4.77 Å². The van der Waals surface area contributed by atoms with E-state index < -0.39 is 5.56 Å². The first-order valence-corrected chi connectivity index (χ1v) is 9.43. The Morgan fingerprint density at radius 1 is 0.967 bits per heavy atom. The largest absolute Gasteiger partial charge is 0.497 e. The molecular formula is C21H21N3O5S. The molecule has 0 saturated carbocycles. The molecule has 0 unspecified atom stereocenters. The zero-order valence-corrected chi connectivity index (χ0v) is 17.3. The van der Waals surface area contributed by atoms with Gasteiger partial charge in [0.25, 0.3) is 5.56 Å². The first kappa shape index (κ1) is 21.3. The molecule has 0 fully saturated rings. The number of hydrogen-bond acceptors (Lipinski definition) is 7. The maximum atomic E-state index is 13.2. The minimum absolute atomic E-state index is 0.0521. The molecule has 3 aromatic rings. The molecule has 0 aliphatic carbocycles. The van der Waals surface area contributed by atoms with Crippen molar-refractivity contribution in [3.05, 3.63) is 69.2 Å². The van der Waals surface area contributed by atoms with E-state index in [-0.39, 0.29) is 29.4 Å². The van der Waals surface area contributed by atoms with Crippen LogP contribution in [0.2, 0.25) is 0 Å². The summed E-state index contributed by atoms with van der Waals surface area (Å²) in [6.45, 7) is -0.0822. The number of methoxy groups -OCH3 is 2. The van der Waals surface area contributed by atoms with Crippen LogP contribution in [-0.2, 0) is 0 Å². The topological polar surface area (TPSA) is 98.2 Å². The fourth-order valence-corrected chi connectivity index (χ4v) is 3.24. The van der Waals surface area contributed by atoms with Crippen LogP contribution in [-0.4, -0.2) is 52.9 Å². The highest BCUT2D eigenvalue weighted by atomic mass is 32.1. The molecule has 0 bridgehead atoms. The molecule has 0 atom stereocenters. The predicted molar refractivity (Wildman–Crippen MR) is 117 cm³/mol. The van der Waals surface area contributed by atoms with Gasteiger partial charge in [0.2, 0.25) is 5.88 Å². The van der Waals surface area contributed by atoms with Crippen LogP contribution in [0.4, 0.5) is 0 Å². The molecule has 8 nitrogen and oxygen atoms in total. The van der Waals surface area contributed by atoms with Crippen molar-refractivity contribution in [1.82, 2.24) is 9.13 Å². The molecule has 156 valence electrons. The number of nitrogens with zero attached hydrogens (tertiary/aromatic N) is 3. The van der Waals surface area contributed by atoms with Gasteiger partial charge < -0.3 is 19.7 Å². The van der Waals surface area contributed by atoms with Gasteiger partial charge in [0, 0.05) is 6.21 Å². The molecule has 0 aliphatic rings. The number of hydrogen-bond donors (Lipinski definition) is 2. The van der Waals surface area contributed by atoms with E-state index in [9.17, 15) is 9.90 Å². The van der Waals surface area contributed by atoms with Crippen LogP contribution in [0.25, 0.3) is 11.4 Å². The molecule has 1 aromatic heterocycles. The number of rotatable bonds is 7. The predicted octanol–water partition coefficient (Wildman–Crippen LogP) is 2.49. The second-order valence-electron chi connectivity index (χ2n) is 6.15. The van der Waals surface area contributed by atoms with Crippen molar-refractivity contribution in [2.75, 3.05) is 27.4 Å². The summed E-state index contributed by atoms with van der Waals surface area (Å²) in [6, 6.07) is 13.7. The number of aliphatic hydroxyl groups is 1. The summed E-state index contributed by atoms with van der Waals surface area (Å²) in [4.78, 5) is 17.2. The molecule has 0 saturated heterocycles. The lowest BCUT2D eigenvalue weighted by Gasteiger charge is -2.17. The first-order valence-electron chi connectivity index (χ1n) is 9.02. The van der Waals surface area contributed by atoms with E-state index in [1.165, 1.54) is 15.3 Å². The van der Waals surface area contributed by atoms with E-state index in [1.54, 1.807) is 62.8 Å². The van der Waals surface area contributed by atoms with Crippen molar-refractivity contribution in [3.8, 4) is 28.8 Å². The normalized spacial score (nSPS) is 11.0. The number of aliphatic hydroxyl groups excluding tert-OH is 1. The molecule has 2 aromatic carbocycles. The van der Waals surface area contributed by atoms with Crippen molar-refractivity contribution in [2.24, 2.45) is 4.99 Å². The third kappa shape index (κ3) is 4.12. The van der Waals surface area contributed by atoms with Gasteiger partial charge in [-0.25, -0.2) is 0 Å². The van der Waals surface area contributed by atoms with Crippen LogP contribution < -0.4 is 15.0 Å². The quantitative estimate of drug-likeness (QED) is 0.444. The molecular weight excluding hydrogens is 406 g/mol. The fourth-order valence-electron chi connectivity index (χ4n) is 2.86. The maximum absolute atomic E-state index is 13.2. The SMILES string of the molecule is COc1ccc(-n2c(O)c(C=NCCO)c(=O)n(-c3ccc(OC)cc3)c2=S)cc1. The van der Waals surface area contributed by atoms with E-state index in [0.717, 1.165) is 0 Å². The van der Waals surface area contributed by atoms with E-state index in [0.29, 0.717) is 22.9 Å². The van der Waals surface area contributed by atoms with Gasteiger partial charge in [0.05, 0.1) is 38.7 Å². The maximum Gasteiger partial charge on any atom is 0.271 e. The Morgan fingerprint density at radius 3 is 1.93 bits per heavy atom. The third-order valence-electron chi connectivity index (χ3n) is 4.38. The van der Waals surface area contributed by atoms with Gasteiger partial charge in [-0.2, -0.15) is 0 Å². The monoisotopic (exact) mass is 427 g/mol. The van der Waals surface area contributed by atoms with Crippen LogP contribution >= 0.6 is 12.2 Å². The van der Waals surface area contributed by atoms with Gasteiger partial charge in [-0.15, -0.1) is 0 Å². The van der Waals surface area contributed by atoms with Gasteiger partial charge in [-0.1, -0.05) is 0 Å². The minimum Gasteiger partial charge on any atom is -0.497 e. The smallest absolute Gasteiger partial charge is 0.271 e. The number of benzene rings is 2. The number of aromatic nitrogens is 2. The zero-order valence-electron chi connectivity index (χ0n) is 16.5. The van der Waals surface area contributed by atoms with Gasteiger partial charge in [-0.05, 0) is 60.7 Å². The Bertz CT molecular complexity index is 1170. The van der Waals surface area contributed by atoms with Crippen molar-refractivity contribution in [3.63, 3.8) is 0 Å². The molecule has 0 spiro atoms. The van der Waals surface area contributed by atoms with E-state index in [2.05, 4.69) is 4.99 Å². The lowest BCUT2D eigenvalue weighted by atomic mass is 10.2. The summed E-state index contributed by atoms with van der Waals surface area (Å²) in [5, 5.41) is 19.8. The number of aliphatic imine (C=N–C) groups is 1. The van der Waals surface area contributed by atoms with Crippen LogP contribution in [0.5, 0.6) is 17.4 Å². The standard InChI is InChI=1S/C21H21N3O5S/c1-28-16-7-3-14(4-8-16)23-19(26)18(13-22-11-12-25)20(27)24(21(23)30)15-5-9-17(29-2)10-6-15/h3-10,13,25-26H,11-12H2,1-2H3. The van der Waals surface area contributed by atoms with Crippen molar-refractivity contribution < 1.29 is 19.7 Å². The summed E-state index contributed by atoms with van der Waals surface area (Å²) in [6.07, 6.45) is 1.24. The van der Waals surface area contributed by atoms with Crippen LogP contribution in [0.15, 0.2) is 58.3 Å². The Hall–Kier alpha value is -3.43. The number of aromatic hydroxyl groups is 1. The molecule has 0 aliphatic heterocycles. The molecule has 9 heteroatoms. The fraction of sp³-hybridized carbons (Fsp3) is 0.190.